The molecule has 0 bridgehead atoms. The Morgan fingerprint density at radius 2 is 1.82 bits per heavy atom. The van der Waals surface area contributed by atoms with E-state index in [-0.39, 0.29) is 0 Å². The van der Waals surface area contributed by atoms with E-state index in [9.17, 15) is 14.4 Å². The summed E-state index contributed by atoms with van der Waals surface area (Å²) in [6.45, 7) is 3.71. The molecule has 0 aliphatic heterocycles. The quantitative estimate of drug-likeness (QED) is 0.324. The van der Waals surface area contributed by atoms with Gasteiger partial charge in [0.1, 0.15) is 0 Å². The lowest BCUT2D eigenvalue weighted by atomic mass is 10.0. The lowest BCUT2D eigenvalue weighted by Crippen LogP contribution is -2.41. The Morgan fingerprint density at radius 1 is 1.11 bits per heavy atom. The summed E-state index contributed by atoms with van der Waals surface area (Å²) in [5, 5.41) is 2.75. The number of ketones is 1. The van der Waals surface area contributed by atoms with Crippen molar-refractivity contribution in [2.45, 2.75) is 32.2 Å². The first kappa shape index (κ1) is 22.0. The van der Waals surface area contributed by atoms with Gasteiger partial charge in [-0.2, -0.15) is 0 Å². The molecule has 1 amide bonds. The van der Waals surface area contributed by atoms with E-state index in [4.69, 9.17) is 4.74 Å². The minimum Gasteiger partial charge on any atom is -0.381 e. The maximum Gasteiger partial charge on any atom is 0.251 e. The van der Waals surface area contributed by atoms with Crippen LogP contribution >= 0.6 is 15.9 Å². The van der Waals surface area contributed by atoms with Crippen LogP contribution in [0.15, 0.2) is 57.9 Å². The maximum atomic E-state index is 13.0. The molecule has 1 N–H and O–H groups in total. The van der Waals surface area contributed by atoms with E-state index in [2.05, 4.69) is 28.2 Å². The van der Waals surface area contributed by atoms with Crippen molar-refractivity contribution >= 4 is 27.6 Å². The number of benzene rings is 1. The van der Waals surface area contributed by atoms with Gasteiger partial charge in [0.05, 0.1) is 0 Å². The number of aromatic nitrogens is 1. The maximum absolute atomic E-state index is 13.0. The summed E-state index contributed by atoms with van der Waals surface area (Å²) in [6.07, 6.45) is 4.17. The lowest BCUT2D eigenvalue weighted by molar-refractivity contribution is -0.123. The number of rotatable bonds is 11. The molecule has 0 fully saturated rings. The molecule has 28 heavy (non-hydrogen) atoms. The van der Waals surface area contributed by atoms with Gasteiger partial charge in [-0.05, 0) is 31.0 Å². The Morgan fingerprint density at radius 3 is 2.50 bits per heavy atom. The molecule has 0 saturated carbocycles. The molecular weight excluding hydrogens is 424 g/mol. The van der Waals surface area contributed by atoms with Crippen LogP contribution in [0, 0.1) is 0 Å². The molecule has 1 unspecified atom stereocenters. The second-order valence-corrected chi connectivity index (χ2v) is 7.25. The van der Waals surface area contributed by atoms with E-state index >= 15 is 0 Å². The molecule has 0 radical (unpaired) electrons. The fourth-order valence-electron chi connectivity index (χ4n) is 2.63. The Kier molecular flexibility index (Phi) is 9.10. The van der Waals surface area contributed by atoms with Crippen LogP contribution in [0.5, 0.6) is 0 Å². The van der Waals surface area contributed by atoms with Gasteiger partial charge in [0, 0.05) is 42.1 Å². The zero-order chi connectivity index (χ0) is 20.4. The first-order valence-electron chi connectivity index (χ1n) is 9.37. The summed E-state index contributed by atoms with van der Waals surface area (Å²) in [5.74, 6) is -0.938. The predicted molar refractivity (Wildman–Crippen MR) is 112 cm³/mol. The molecule has 1 heterocycles. The summed E-state index contributed by atoms with van der Waals surface area (Å²) in [6, 6.07) is 9.98. The number of nitrogens with one attached hydrogen (secondary N) is 1. The van der Waals surface area contributed by atoms with Crippen LogP contribution in [0.1, 0.15) is 42.6 Å². The topological polar surface area (TPSA) is 77.4 Å². The van der Waals surface area contributed by atoms with Gasteiger partial charge in [-0.15, -0.1) is 0 Å². The molecule has 2 rings (SSSR count). The van der Waals surface area contributed by atoms with Crippen LogP contribution in [-0.4, -0.2) is 36.0 Å². The summed E-state index contributed by atoms with van der Waals surface area (Å²) in [7, 11) is 0. The standard InChI is InChI=1S/C21H25BrN2O4/c1-2-3-14-28-15-6-12-23-21(27)19(24-13-5-4-7-18(24)25)20(26)16-8-10-17(22)11-9-16/h4-5,7-11,13,19H,2-3,6,12,14-15H2,1H3,(H,23,27). The van der Waals surface area contributed by atoms with Crippen molar-refractivity contribution in [3.05, 3.63) is 69.1 Å². The van der Waals surface area contributed by atoms with Gasteiger partial charge in [-0.25, -0.2) is 0 Å². The normalized spacial score (nSPS) is 11.8. The molecule has 2 aromatic rings. The Labute approximate surface area is 173 Å². The molecule has 1 aromatic carbocycles. The van der Waals surface area contributed by atoms with Crippen molar-refractivity contribution in [2.24, 2.45) is 0 Å². The number of ether oxygens (including phenoxy) is 1. The molecule has 0 saturated heterocycles. The van der Waals surface area contributed by atoms with Crippen molar-refractivity contribution in [1.82, 2.24) is 9.88 Å². The number of amides is 1. The van der Waals surface area contributed by atoms with E-state index < -0.39 is 23.3 Å². The first-order chi connectivity index (χ1) is 13.5. The van der Waals surface area contributed by atoms with Gasteiger partial charge >= 0.3 is 0 Å². The second-order valence-electron chi connectivity index (χ2n) is 6.33. The number of hydrogen-bond donors (Lipinski definition) is 1. The number of pyridine rings is 1. The average molecular weight is 449 g/mol. The number of carbonyl (C=O) groups excluding carboxylic acids is 2. The number of nitrogens with zero attached hydrogens (tertiary/aromatic N) is 1. The van der Waals surface area contributed by atoms with E-state index in [0.29, 0.717) is 31.7 Å². The first-order valence-corrected chi connectivity index (χ1v) is 10.2. The summed E-state index contributed by atoms with van der Waals surface area (Å²) in [5.41, 5.74) is -0.0435. The third-order valence-corrected chi connectivity index (χ3v) is 4.69. The highest BCUT2D eigenvalue weighted by Gasteiger charge is 2.29. The lowest BCUT2D eigenvalue weighted by Gasteiger charge is -2.18. The largest absolute Gasteiger partial charge is 0.381 e. The smallest absolute Gasteiger partial charge is 0.251 e. The Balaban J connectivity index is 2.09. The number of hydrogen-bond acceptors (Lipinski definition) is 4. The van der Waals surface area contributed by atoms with E-state index in [1.54, 1.807) is 36.4 Å². The van der Waals surface area contributed by atoms with Crippen molar-refractivity contribution < 1.29 is 14.3 Å². The van der Waals surface area contributed by atoms with E-state index in [1.807, 2.05) is 0 Å². The molecule has 0 aliphatic carbocycles. The SMILES string of the molecule is CCCCOCCCNC(=O)C(C(=O)c1ccc(Br)cc1)n1ccccc1=O. The van der Waals surface area contributed by atoms with Gasteiger partial charge in [0.15, 0.2) is 11.8 Å². The minimum atomic E-state index is -1.25. The highest BCUT2D eigenvalue weighted by Crippen LogP contribution is 2.17. The average Bonchev–Trinajstić information content (AvgIpc) is 2.69. The predicted octanol–water partition coefficient (Wildman–Crippen LogP) is 3.36. The second kappa shape index (κ2) is 11.6. The highest BCUT2D eigenvalue weighted by molar-refractivity contribution is 9.10. The molecule has 150 valence electrons. The van der Waals surface area contributed by atoms with Gasteiger partial charge in [-0.3, -0.25) is 19.0 Å². The fourth-order valence-corrected chi connectivity index (χ4v) is 2.89. The van der Waals surface area contributed by atoms with Crippen LogP contribution in [0.25, 0.3) is 0 Å². The van der Waals surface area contributed by atoms with Crippen molar-refractivity contribution in [2.75, 3.05) is 19.8 Å². The van der Waals surface area contributed by atoms with Crippen LogP contribution in [0.3, 0.4) is 0 Å². The third kappa shape index (κ3) is 6.42. The summed E-state index contributed by atoms with van der Waals surface area (Å²) in [4.78, 5) is 38.0. The summed E-state index contributed by atoms with van der Waals surface area (Å²) < 4.78 is 7.46. The third-order valence-electron chi connectivity index (χ3n) is 4.16. The number of unbranched alkanes of at least 4 members (excludes halogenated alkanes) is 1. The van der Waals surface area contributed by atoms with Crippen LogP contribution in [-0.2, 0) is 9.53 Å². The molecule has 0 spiro atoms. The minimum absolute atomic E-state index is 0.363. The zero-order valence-electron chi connectivity index (χ0n) is 15.9. The van der Waals surface area contributed by atoms with E-state index in [1.165, 1.54) is 12.3 Å². The van der Waals surface area contributed by atoms with Crippen molar-refractivity contribution in [1.29, 1.82) is 0 Å². The number of carbonyl (C=O) groups is 2. The van der Waals surface area contributed by atoms with E-state index in [0.717, 1.165) is 21.9 Å². The van der Waals surface area contributed by atoms with Gasteiger partial charge < -0.3 is 10.1 Å². The highest BCUT2D eigenvalue weighted by atomic mass is 79.9. The van der Waals surface area contributed by atoms with Gasteiger partial charge in [0.25, 0.3) is 11.5 Å². The van der Waals surface area contributed by atoms with Crippen molar-refractivity contribution in [3.8, 4) is 0 Å². The fraction of sp³-hybridized carbons (Fsp3) is 0.381. The molecule has 1 atom stereocenters. The van der Waals surface area contributed by atoms with Crippen LogP contribution in [0.2, 0.25) is 0 Å². The number of Topliss-reactive ketones (excluding diaryl/α,β-unsaturated/α-hetero) is 1. The van der Waals surface area contributed by atoms with Crippen molar-refractivity contribution in [3.63, 3.8) is 0 Å². The van der Waals surface area contributed by atoms with Crippen LogP contribution in [0.4, 0.5) is 0 Å². The molecule has 0 aliphatic rings. The molecule has 6 nitrogen and oxygen atoms in total. The molecule has 7 heteroatoms. The van der Waals surface area contributed by atoms with Crippen LogP contribution < -0.4 is 10.9 Å². The Hall–Kier alpha value is -2.25. The monoisotopic (exact) mass is 448 g/mol. The summed E-state index contributed by atoms with van der Waals surface area (Å²) >= 11 is 3.32. The van der Waals surface area contributed by atoms with Gasteiger partial charge in [0.2, 0.25) is 0 Å². The molecule has 1 aromatic heterocycles. The molecular formula is C21H25BrN2O4. The number of halogens is 1. The Bertz CT molecular complexity index is 833. The van der Waals surface area contributed by atoms with Gasteiger partial charge in [-0.1, -0.05) is 47.5 Å². The zero-order valence-corrected chi connectivity index (χ0v) is 17.5.